The lowest BCUT2D eigenvalue weighted by Crippen LogP contribution is -2.07. The average molecular weight is 515 g/mol. The number of hydrogen-bond acceptors (Lipinski definition) is 4. The van der Waals surface area contributed by atoms with Crippen LogP contribution in [0, 0.1) is 5.82 Å². The van der Waals surface area contributed by atoms with Crippen molar-refractivity contribution in [3.05, 3.63) is 66.5 Å². The van der Waals surface area contributed by atoms with Gasteiger partial charge in [0.25, 0.3) is 0 Å². The number of hydrogen-bond donors (Lipinski definition) is 0. The Balaban J connectivity index is 0.00000684. The molecule has 2 N–H and O–H groups in total. The van der Waals surface area contributed by atoms with Crippen molar-refractivity contribution in [3.8, 4) is 16.9 Å². The third-order valence-electron chi connectivity index (χ3n) is 6.21. The van der Waals surface area contributed by atoms with Gasteiger partial charge >= 0.3 is 11.9 Å². The number of rotatable bonds is 18. The molecule has 204 valence electrons. The number of ether oxygens (including phenoxy) is 2. The van der Waals surface area contributed by atoms with E-state index in [9.17, 15) is 14.0 Å². The highest BCUT2D eigenvalue weighted by Gasteiger charge is 2.08. The normalized spacial score (nSPS) is 10.4. The highest BCUT2D eigenvalue weighted by molar-refractivity contribution is 5.81. The fraction of sp³-hybridized carbons (Fsp3) is 0.484. The van der Waals surface area contributed by atoms with Crippen LogP contribution in [0.25, 0.3) is 11.1 Å². The third kappa shape index (κ3) is 13.2. The van der Waals surface area contributed by atoms with Gasteiger partial charge < -0.3 is 14.9 Å². The summed E-state index contributed by atoms with van der Waals surface area (Å²) in [6.45, 7) is 5.96. The topological polar surface area (TPSA) is 84.1 Å². The molecule has 37 heavy (non-hydrogen) atoms. The van der Waals surface area contributed by atoms with Crippen LogP contribution in [0.1, 0.15) is 89.5 Å². The van der Waals surface area contributed by atoms with Crippen molar-refractivity contribution < 1.29 is 28.9 Å². The van der Waals surface area contributed by atoms with Gasteiger partial charge in [-0.1, -0.05) is 89.1 Å². The minimum absolute atomic E-state index is 0. The Bertz CT molecular complexity index is 939. The summed E-state index contributed by atoms with van der Waals surface area (Å²) in [6, 6.07) is 12.6. The second kappa shape index (κ2) is 19.2. The molecule has 0 radical (unpaired) electrons. The van der Waals surface area contributed by atoms with Gasteiger partial charge in [-0.2, -0.15) is 0 Å². The number of benzene rings is 2. The fourth-order valence-corrected chi connectivity index (χ4v) is 4.06. The second-order valence-electron chi connectivity index (χ2n) is 9.21. The van der Waals surface area contributed by atoms with Gasteiger partial charge in [0.2, 0.25) is 0 Å². The van der Waals surface area contributed by atoms with Crippen molar-refractivity contribution in [2.45, 2.75) is 90.4 Å². The van der Waals surface area contributed by atoms with Gasteiger partial charge in [0.15, 0.2) is 0 Å². The number of carbonyl (C=O) groups excluding carboxylic acids is 2. The molecule has 2 aromatic carbocycles. The van der Waals surface area contributed by atoms with E-state index in [-0.39, 0.29) is 17.3 Å². The van der Waals surface area contributed by atoms with E-state index in [1.165, 1.54) is 25.7 Å². The van der Waals surface area contributed by atoms with Crippen LogP contribution in [0.4, 0.5) is 4.39 Å². The van der Waals surface area contributed by atoms with Gasteiger partial charge in [0.05, 0.1) is 6.61 Å². The van der Waals surface area contributed by atoms with E-state index in [1.54, 1.807) is 18.2 Å². The molecule has 0 spiro atoms. The first-order valence-corrected chi connectivity index (χ1v) is 13.4. The Labute approximate surface area is 221 Å². The summed E-state index contributed by atoms with van der Waals surface area (Å²) in [5, 5.41) is 0. The van der Waals surface area contributed by atoms with E-state index in [2.05, 4.69) is 13.5 Å². The van der Waals surface area contributed by atoms with E-state index < -0.39 is 5.97 Å². The molecule has 0 saturated heterocycles. The average Bonchev–Trinajstić information content (AvgIpc) is 2.88. The summed E-state index contributed by atoms with van der Waals surface area (Å²) in [5.41, 5.74) is 2.48. The Morgan fingerprint density at radius 2 is 1.46 bits per heavy atom. The molecule has 0 aliphatic rings. The maximum atomic E-state index is 14.6. The summed E-state index contributed by atoms with van der Waals surface area (Å²) in [4.78, 5) is 23.1. The molecule has 0 heterocycles. The number of unbranched alkanes of at least 4 members (excludes halogenated alkanes) is 9. The van der Waals surface area contributed by atoms with Crippen LogP contribution < -0.4 is 4.74 Å². The molecule has 0 fully saturated rings. The summed E-state index contributed by atoms with van der Waals surface area (Å²) >= 11 is 0. The summed E-state index contributed by atoms with van der Waals surface area (Å²) < 4.78 is 25.0. The molecule has 6 heteroatoms. The van der Waals surface area contributed by atoms with Gasteiger partial charge in [0, 0.05) is 12.5 Å². The van der Waals surface area contributed by atoms with Crippen LogP contribution in [0.3, 0.4) is 0 Å². The molecular weight excluding hydrogens is 471 g/mol. The molecule has 0 bridgehead atoms. The van der Waals surface area contributed by atoms with Crippen LogP contribution in [0.15, 0.2) is 55.1 Å². The minimum Gasteiger partial charge on any atom is -0.463 e. The van der Waals surface area contributed by atoms with E-state index >= 15 is 0 Å². The van der Waals surface area contributed by atoms with E-state index in [4.69, 9.17) is 9.47 Å². The van der Waals surface area contributed by atoms with Crippen LogP contribution in [-0.4, -0.2) is 24.0 Å². The van der Waals surface area contributed by atoms with Crippen LogP contribution in [0.2, 0.25) is 0 Å². The maximum Gasteiger partial charge on any atom is 0.330 e. The molecule has 5 nitrogen and oxygen atoms in total. The first-order valence-electron chi connectivity index (χ1n) is 13.4. The predicted molar refractivity (Wildman–Crippen MR) is 147 cm³/mol. The highest BCUT2D eigenvalue weighted by Crippen LogP contribution is 2.25. The molecular formula is C31H43FO5. The predicted octanol–water partition coefficient (Wildman–Crippen LogP) is 7.55. The van der Waals surface area contributed by atoms with Gasteiger partial charge in [-0.25, -0.2) is 9.18 Å². The smallest absolute Gasteiger partial charge is 0.330 e. The van der Waals surface area contributed by atoms with Crippen LogP contribution in [0.5, 0.6) is 5.75 Å². The van der Waals surface area contributed by atoms with Crippen LogP contribution >= 0.6 is 0 Å². The Hall–Kier alpha value is -2.99. The molecule has 0 amide bonds. The first kappa shape index (κ1) is 32.0. The Kier molecular flexibility index (Phi) is 16.6. The van der Waals surface area contributed by atoms with Crippen molar-refractivity contribution in [2.75, 3.05) is 6.61 Å². The van der Waals surface area contributed by atoms with Crippen molar-refractivity contribution in [1.82, 2.24) is 0 Å². The van der Waals surface area contributed by atoms with Gasteiger partial charge in [-0.15, -0.1) is 0 Å². The largest absolute Gasteiger partial charge is 0.463 e. The first-order chi connectivity index (χ1) is 17.5. The number of esters is 2. The van der Waals surface area contributed by atoms with Crippen molar-refractivity contribution in [2.24, 2.45) is 0 Å². The van der Waals surface area contributed by atoms with Crippen LogP contribution in [-0.2, 0) is 20.7 Å². The zero-order valence-corrected chi connectivity index (χ0v) is 22.2. The molecule has 0 saturated carbocycles. The Morgan fingerprint density at radius 1 is 0.838 bits per heavy atom. The molecule has 2 rings (SSSR count). The standard InChI is InChI=1S/C31H41FO4.H2O/c1-3-5-6-7-9-12-15-26-17-18-27(24-29(26)32)25-19-21-28(22-20-25)36-31(34)16-13-10-8-11-14-23-35-30(33)4-2;/h4,17-22,24H,2-3,5-16,23H2,1H3;1H2. The molecule has 0 aliphatic carbocycles. The lowest BCUT2D eigenvalue weighted by Gasteiger charge is -2.08. The highest BCUT2D eigenvalue weighted by atomic mass is 19.1. The fourth-order valence-electron chi connectivity index (χ4n) is 4.06. The second-order valence-corrected chi connectivity index (χ2v) is 9.21. The number of halogens is 1. The minimum atomic E-state index is -0.394. The zero-order chi connectivity index (χ0) is 26.0. The lowest BCUT2D eigenvalue weighted by atomic mass is 10.00. The molecule has 0 aromatic heterocycles. The van der Waals surface area contributed by atoms with Gasteiger partial charge in [-0.05, 0) is 60.6 Å². The molecule has 0 unspecified atom stereocenters. The molecule has 0 atom stereocenters. The SMILES string of the molecule is C=CC(=O)OCCCCCCCC(=O)Oc1ccc(-c2ccc(CCCCCCCC)c(F)c2)cc1.O. The lowest BCUT2D eigenvalue weighted by molar-refractivity contribution is -0.138. The molecule has 2 aromatic rings. The van der Waals surface area contributed by atoms with Crippen molar-refractivity contribution in [1.29, 1.82) is 0 Å². The molecule has 0 aliphatic heterocycles. The van der Waals surface area contributed by atoms with E-state index in [0.29, 0.717) is 18.8 Å². The summed E-state index contributed by atoms with van der Waals surface area (Å²) in [5.74, 6) is -0.315. The van der Waals surface area contributed by atoms with E-state index in [0.717, 1.165) is 74.1 Å². The number of carbonyl (C=O) groups is 2. The monoisotopic (exact) mass is 514 g/mol. The maximum absolute atomic E-state index is 14.6. The van der Waals surface area contributed by atoms with Crippen molar-refractivity contribution >= 4 is 11.9 Å². The Morgan fingerprint density at radius 3 is 2.14 bits per heavy atom. The van der Waals surface area contributed by atoms with E-state index in [1.807, 2.05) is 24.3 Å². The zero-order valence-electron chi connectivity index (χ0n) is 22.2. The quantitative estimate of drug-likeness (QED) is 0.0890. The summed E-state index contributed by atoms with van der Waals surface area (Å²) in [7, 11) is 0. The van der Waals surface area contributed by atoms with Crippen molar-refractivity contribution in [3.63, 3.8) is 0 Å². The summed E-state index contributed by atoms with van der Waals surface area (Å²) in [6.07, 6.45) is 13.9. The number of aryl methyl sites for hydroxylation is 1. The van der Waals surface area contributed by atoms with Gasteiger partial charge in [-0.3, -0.25) is 4.79 Å². The van der Waals surface area contributed by atoms with Gasteiger partial charge in [0.1, 0.15) is 11.6 Å². The third-order valence-corrected chi connectivity index (χ3v) is 6.21.